The van der Waals surface area contributed by atoms with E-state index in [2.05, 4.69) is 24.4 Å². The average molecular weight is 350 g/mol. The standard InChI is InChI=1S/C22H26N2O2/c1-17(18-8-4-2-5-9-18)16-21(25)24-14-12-19(13-15-24)22(26)23-20-10-6-3-7-11-20/h2-11,17,19H,12-16H2,1H3,(H,23,26)/t17-/m0/s1. The highest BCUT2D eigenvalue weighted by molar-refractivity contribution is 5.92. The van der Waals surface area contributed by atoms with Crippen molar-refractivity contribution < 1.29 is 9.59 Å². The third-order valence-corrected chi connectivity index (χ3v) is 5.11. The normalized spacial score (nSPS) is 16.1. The summed E-state index contributed by atoms with van der Waals surface area (Å²) in [5.74, 6) is 0.429. The van der Waals surface area contributed by atoms with Crippen LogP contribution in [0.5, 0.6) is 0 Å². The maximum Gasteiger partial charge on any atom is 0.227 e. The van der Waals surface area contributed by atoms with Crippen LogP contribution in [0.15, 0.2) is 60.7 Å². The Bertz CT molecular complexity index is 722. The molecule has 1 saturated heterocycles. The Kier molecular flexibility index (Phi) is 6.05. The number of benzene rings is 2. The van der Waals surface area contributed by atoms with Gasteiger partial charge in [-0.1, -0.05) is 55.5 Å². The van der Waals surface area contributed by atoms with Gasteiger partial charge in [0.1, 0.15) is 0 Å². The van der Waals surface area contributed by atoms with Crippen LogP contribution in [-0.2, 0) is 9.59 Å². The lowest BCUT2D eigenvalue weighted by Gasteiger charge is -2.32. The van der Waals surface area contributed by atoms with Crippen molar-refractivity contribution in [3.05, 3.63) is 66.2 Å². The summed E-state index contributed by atoms with van der Waals surface area (Å²) >= 11 is 0. The molecule has 1 N–H and O–H groups in total. The number of carbonyl (C=O) groups is 2. The molecule has 0 bridgehead atoms. The molecule has 136 valence electrons. The molecule has 0 radical (unpaired) electrons. The first-order chi connectivity index (χ1) is 12.6. The van der Waals surface area contributed by atoms with Gasteiger partial charge in [0.05, 0.1) is 0 Å². The number of likely N-dealkylation sites (tertiary alicyclic amines) is 1. The van der Waals surface area contributed by atoms with E-state index < -0.39 is 0 Å². The second-order valence-corrected chi connectivity index (χ2v) is 7.03. The summed E-state index contributed by atoms with van der Waals surface area (Å²) in [6.45, 7) is 3.41. The van der Waals surface area contributed by atoms with E-state index in [0.717, 1.165) is 18.5 Å². The molecule has 1 heterocycles. The number of hydrogen-bond donors (Lipinski definition) is 1. The predicted molar refractivity (Wildman–Crippen MR) is 104 cm³/mol. The molecule has 3 rings (SSSR count). The fourth-order valence-corrected chi connectivity index (χ4v) is 3.45. The Hall–Kier alpha value is -2.62. The molecule has 2 aromatic rings. The Labute approximate surface area is 155 Å². The molecule has 0 aliphatic carbocycles. The summed E-state index contributed by atoms with van der Waals surface area (Å²) < 4.78 is 0. The molecule has 2 amide bonds. The molecule has 0 saturated carbocycles. The minimum atomic E-state index is -0.0224. The maximum atomic E-state index is 12.6. The number of rotatable bonds is 5. The maximum absolute atomic E-state index is 12.6. The first-order valence-electron chi connectivity index (χ1n) is 9.32. The molecule has 0 aromatic heterocycles. The Morgan fingerprint density at radius 2 is 1.58 bits per heavy atom. The van der Waals surface area contributed by atoms with Crippen LogP contribution in [0.3, 0.4) is 0 Å². The highest BCUT2D eigenvalue weighted by Crippen LogP contribution is 2.23. The molecule has 1 atom stereocenters. The van der Waals surface area contributed by atoms with Crippen molar-refractivity contribution in [2.45, 2.75) is 32.1 Å². The van der Waals surface area contributed by atoms with Gasteiger partial charge < -0.3 is 10.2 Å². The van der Waals surface area contributed by atoms with Gasteiger partial charge in [-0.15, -0.1) is 0 Å². The minimum absolute atomic E-state index is 0.0224. The highest BCUT2D eigenvalue weighted by Gasteiger charge is 2.28. The SMILES string of the molecule is C[C@@H](CC(=O)N1CCC(C(=O)Nc2ccccc2)CC1)c1ccccc1. The van der Waals surface area contributed by atoms with Crippen LogP contribution >= 0.6 is 0 Å². The van der Waals surface area contributed by atoms with E-state index in [1.54, 1.807) is 0 Å². The zero-order valence-corrected chi connectivity index (χ0v) is 15.2. The molecule has 0 spiro atoms. The Morgan fingerprint density at radius 3 is 2.19 bits per heavy atom. The Balaban J connectivity index is 1.47. The minimum Gasteiger partial charge on any atom is -0.343 e. The zero-order chi connectivity index (χ0) is 18.4. The van der Waals surface area contributed by atoms with Crippen molar-refractivity contribution in [2.24, 2.45) is 5.92 Å². The lowest BCUT2D eigenvalue weighted by Crippen LogP contribution is -2.41. The summed E-state index contributed by atoms with van der Waals surface area (Å²) in [6, 6.07) is 19.7. The molecule has 4 heteroatoms. The number of nitrogens with zero attached hydrogens (tertiary/aromatic N) is 1. The van der Waals surface area contributed by atoms with Crippen LogP contribution in [0.2, 0.25) is 0 Å². The number of amides is 2. The van der Waals surface area contributed by atoms with E-state index >= 15 is 0 Å². The quantitative estimate of drug-likeness (QED) is 0.884. The van der Waals surface area contributed by atoms with Crippen molar-refractivity contribution >= 4 is 17.5 Å². The first-order valence-corrected chi connectivity index (χ1v) is 9.32. The van der Waals surface area contributed by atoms with Gasteiger partial charge in [0, 0.05) is 31.1 Å². The fraction of sp³-hybridized carbons (Fsp3) is 0.364. The summed E-state index contributed by atoms with van der Waals surface area (Å²) in [5.41, 5.74) is 2.02. The monoisotopic (exact) mass is 350 g/mol. The molecule has 2 aromatic carbocycles. The largest absolute Gasteiger partial charge is 0.343 e. The highest BCUT2D eigenvalue weighted by atomic mass is 16.2. The van der Waals surface area contributed by atoms with E-state index in [4.69, 9.17) is 0 Å². The van der Waals surface area contributed by atoms with E-state index in [0.29, 0.717) is 19.5 Å². The second kappa shape index (κ2) is 8.65. The van der Waals surface area contributed by atoms with E-state index in [-0.39, 0.29) is 23.7 Å². The van der Waals surface area contributed by atoms with Crippen LogP contribution in [0, 0.1) is 5.92 Å². The zero-order valence-electron chi connectivity index (χ0n) is 15.2. The summed E-state index contributed by atoms with van der Waals surface area (Å²) in [6.07, 6.45) is 1.97. The fourth-order valence-electron chi connectivity index (χ4n) is 3.45. The molecule has 1 aliphatic heterocycles. The average Bonchev–Trinajstić information content (AvgIpc) is 2.69. The molecular weight excluding hydrogens is 324 g/mol. The van der Waals surface area contributed by atoms with Gasteiger partial charge in [-0.25, -0.2) is 0 Å². The molecule has 0 unspecified atom stereocenters. The van der Waals surface area contributed by atoms with Gasteiger partial charge in [0.15, 0.2) is 0 Å². The van der Waals surface area contributed by atoms with E-state index in [1.165, 1.54) is 5.56 Å². The van der Waals surface area contributed by atoms with Gasteiger partial charge in [0.2, 0.25) is 11.8 Å². The van der Waals surface area contributed by atoms with Crippen molar-refractivity contribution in [2.75, 3.05) is 18.4 Å². The first kappa shape index (κ1) is 18.2. The van der Waals surface area contributed by atoms with Crippen LogP contribution < -0.4 is 5.32 Å². The van der Waals surface area contributed by atoms with E-state index in [1.807, 2.05) is 53.4 Å². The van der Waals surface area contributed by atoms with Crippen LogP contribution in [0.1, 0.15) is 37.7 Å². The van der Waals surface area contributed by atoms with Gasteiger partial charge in [0.25, 0.3) is 0 Å². The number of anilines is 1. The van der Waals surface area contributed by atoms with Crippen LogP contribution in [0.4, 0.5) is 5.69 Å². The number of carbonyl (C=O) groups excluding carboxylic acids is 2. The van der Waals surface area contributed by atoms with Crippen molar-refractivity contribution in [3.8, 4) is 0 Å². The third-order valence-electron chi connectivity index (χ3n) is 5.11. The second-order valence-electron chi connectivity index (χ2n) is 7.03. The smallest absolute Gasteiger partial charge is 0.227 e. The predicted octanol–water partition coefficient (Wildman–Crippen LogP) is 4.06. The summed E-state index contributed by atoms with van der Waals surface area (Å²) in [4.78, 5) is 26.9. The van der Waals surface area contributed by atoms with Crippen LogP contribution in [0.25, 0.3) is 0 Å². The lowest BCUT2D eigenvalue weighted by molar-refractivity contribution is -0.134. The molecule has 4 nitrogen and oxygen atoms in total. The van der Waals surface area contributed by atoms with Gasteiger partial charge in [-0.2, -0.15) is 0 Å². The third kappa shape index (κ3) is 4.72. The molecular formula is C22H26N2O2. The number of piperidine rings is 1. The Morgan fingerprint density at radius 1 is 1.00 bits per heavy atom. The summed E-state index contributed by atoms with van der Waals surface area (Å²) in [7, 11) is 0. The van der Waals surface area contributed by atoms with Crippen molar-refractivity contribution in [3.63, 3.8) is 0 Å². The van der Waals surface area contributed by atoms with Gasteiger partial charge in [-0.05, 0) is 36.5 Å². The lowest BCUT2D eigenvalue weighted by atomic mass is 9.93. The number of hydrogen-bond acceptors (Lipinski definition) is 2. The molecule has 1 aliphatic rings. The van der Waals surface area contributed by atoms with Crippen molar-refractivity contribution in [1.29, 1.82) is 0 Å². The summed E-state index contributed by atoms with van der Waals surface area (Å²) in [5, 5.41) is 2.97. The molecule has 26 heavy (non-hydrogen) atoms. The van der Waals surface area contributed by atoms with Gasteiger partial charge >= 0.3 is 0 Å². The number of para-hydroxylation sites is 1. The topological polar surface area (TPSA) is 49.4 Å². The van der Waals surface area contributed by atoms with Crippen LogP contribution in [-0.4, -0.2) is 29.8 Å². The van der Waals surface area contributed by atoms with E-state index in [9.17, 15) is 9.59 Å². The number of nitrogens with one attached hydrogen (secondary N) is 1. The van der Waals surface area contributed by atoms with Crippen molar-refractivity contribution in [1.82, 2.24) is 4.90 Å². The molecule has 1 fully saturated rings. The van der Waals surface area contributed by atoms with Gasteiger partial charge in [-0.3, -0.25) is 9.59 Å².